The fourth-order valence-electron chi connectivity index (χ4n) is 4.38. The number of aromatic nitrogens is 2. The van der Waals surface area contributed by atoms with E-state index in [0.29, 0.717) is 5.03 Å². The molecule has 2 aliphatic rings. The molecule has 150 valence electrons. The molecule has 2 heterocycles. The van der Waals surface area contributed by atoms with Gasteiger partial charge >= 0.3 is 0 Å². The molecule has 0 amide bonds. The molecule has 5 nitrogen and oxygen atoms in total. The summed E-state index contributed by atoms with van der Waals surface area (Å²) < 4.78 is 16.2. The number of hydrogen-bond acceptors (Lipinski definition) is 6. The number of hydrogen-bond donors (Lipinski definition) is 2. The van der Waals surface area contributed by atoms with Gasteiger partial charge in [-0.25, -0.2) is 9.97 Å². The summed E-state index contributed by atoms with van der Waals surface area (Å²) in [7, 11) is 0. The highest BCUT2D eigenvalue weighted by molar-refractivity contribution is 7.90. The van der Waals surface area contributed by atoms with Crippen LogP contribution >= 0.6 is 12.6 Å². The van der Waals surface area contributed by atoms with Crippen LogP contribution in [0.3, 0.4) is 0 Å². The summed E-state index contributed by atoms with van der Waals surface area (Å²) in [6.45, 7) is 7.92. The van der Waals surface area contributed by atoms with Crippen LogP contribution in [0, 0.1) is 5.41 Å². The zero-order valence-electron chi connectivity index (χ0n) is 16.7. The van der Waals surface area contributed by atoms with E-state index in [4.69, 9.17) is 0 Å². The monoisotopic (exact) mass is 416 g/mol. The van der Waals surface area contributed by atoms with Crippen LogP contribution in [0.5, 0.6) is 0 Å². The van der Waals surface area contributed by atoms with Gasteiger partial charge < -0.3 is 9.45 Å². The van der Waals surface area contributed by atoms with Crippen molar-refractivity contribution in [3.05, 3.63) is 47.8 Å². The summed E-state index contributed by atoms with van der Waals surface area (Å²) in [5.74, 6) is 0.908. The van der Waals surface area contributed by atoms with E-state index in [1.54, 1.807) is 12.4 Å². The van der Waals surface area contributed by atoms with Crippen LogP contribution < -0.4 is 9.62 Å². The molecule has 1 spiro atoms. The van der Waals surface area contributed by atoms with Crippen LogP contribution in [-0.2, 0) is 17.8 Å². The molecular weight excluding hydrogens is 388 g/mol. The molecule has 1 saturated heterocycles. The molecule has 1 fully saturated rings. The van der Waals surface area contributed by atoms with Gasteiger partial charge in [0.15, 0.2) is 0 Å². The van der Waals surface area contributed by atoms with Crippen molar-refractivity contribution in [1.82, 2.24) is 14.7 Å². The highest BCUT2D eigenvalue weighted by Gasteiger charge is 2.50. The zero-order valence-corrected chi connectivity index (χ0v) is 18.4. The van der Waals surface area contributed by atoms with Crippen LogP contribution in [0.15, 0.2) is 41.7 Å². The third-order valence-corrected chi connectivity index (χ3v) is 7.80. The minimum Gasteiger partial charge on any atom is -0.598 e. The number of fused-ring (bicyclic) bond motifs is 1. The summed E-state index contributed by atoms with van der Waals surface area (Å²) in [5.41, 5.74) is 2.80. The maximum absolute atomic E-state index is 12.9. The zero-order chi connectivity index (χ0) is 19.9. The van der Waals surface area contributed by atoms with Gasteiger partial charge in [-0.1, -0.05) is 24.3 Å². The van der Waals surface area contributed by atoms with E-state index in [-0.39, 0.29) is 16.2 Å². The van der Waals surface area contributed by atoms with Crippen LogP contribution in [-0.4, -0.2) is 32.4 Å². The van der Waals surface area contributed by atoms with Crippen molar-refractivity contribution in [2.45, 2.75) is 55.8 Å². The van der Waals surface area contributed by atoms with Gasteiger partial charge in [0.05, 0.1) is 18.4 Å². The molecule has 0 bridgehead atoms. The lowest BCUT2D eigenvalue weighted by atomic mass is 9.73. The summed E-state index contributed by atoms with van der Waals surface area (Å²) in [5, 5.41) is 0.636. The first-order valence-corrected chi connectivity index (χ1v) is 11.4. The van der Waals surface area contributed by atoms with E-state index in [1.807, 2.05) is 20.8 Å². The van der Waals surface area contributed by atoms with E-state index in [2.05, 4.69) is 56.5 Å². The summed E-state index contributed by atoms with van der Waals surface area (Å²) >= 11 is 3.12. The molecule has 1 aliphatic carbocycles. The number of nitrogens with zero attached hydrogens (tertiary/aromatic N) is 3. The Morgan fingerprint density at radius 1 is 1.18 bits per heavy atom. The molecule has 2 atom stereocenters. The predicted molar refractivity (Wildman–Crippen MR) is 117 cm³/mol. The molecule has 7 heteroatoms. The number of piperidine rings is 1. The van der Waals surface area contributed by atoms with Crippen molar-refractivity contribution in [2.24, 2.45) is 5.41 Å². The second-order valence-corrected chi connectivity index (χ2v) is 11.3. The predicted octanol–water partition coefficient (Wildman–Crippen LogP) is 3.70. The first-order valence-electron chi connectivity index (χ1n) is 9.80. The standard InChI is InChI=1S/C21H28N4OS2/c1-20(2,3)28(26)24-19-16-7-5-4-6-15(16)12-21(19)8-10-25(11-9-21)17-13-23-18(27)14-22-17/h4-7,13-14,19,24H,8-12H2,1-3H3,(H,23,27)/t19-,28-/m1/s1. The lowest BCUT2D eigenvalue weighted by Crippen LogP contribution is -2.49. The van der Waals surface area contributed by atoms with Crippen molar-refractivity contribution in [1.29, 1.82) is 0 Å². The Morgan fingerprint density at radius 2 is 1.89 bits per heavy atom. The fraction of sp³-hybridized carbons (Fsp3) is 0.524. The molecule has 0 unspecified atom stereocenters. The number of nitrogens with one attached hydrogen (secondary N) is 1. The largest absolute Gasteiger partial charge is 0.598 e. The second kappa shape index (κ2) is 7.52. The summed E-state index contributed by atoms with van der Waals surface area (Å²) in [4.78, 5) is 11.0. The lowest BCUT2D eigenvalue weighted by molar-refractivity contribution is 0.176. The highest BCUT2D eigenvalue weighted by Crippen LogP contribution is 2.52. The number of thiol groups is 1. The van der Waals surface area contributed by atoms with E-state index in [9.17, 15) is 4.55 Å². The average Bonchev–Trinajstić information content (AvgIpc) is 2.95. The molecule has 1 aliphatic heterocycles. The Balaban J connectivity index is 1.56. The van der Waals surface area contributed by atoms with E-state index >= 15 is 0 Å². The Kier molecular flexibility index (Phi) is 5.37. The smallest absolute Gasteiger partial charge is 0.147 e. The van der Waals surface area contributed by atoms with Crippen molar-refractivity contribution in [2.75, 3.05) is 18.0 Å². The summed E-state index contributed by atoms with van der Waals surface area (Å²) in [6, 6.07) is 8.75. The van der Waals surface area contributed by atoms with Gasteiger partial charge in [-0.05, 0) is 51.2 Å². The fourth-order valence-corrected chi connectivity index (χ4v) is 5.44. The molecule has 1 aromatic heterocycles. The lowest BCUT2D eigenvalue weighted by Gasteiger charge is -2.44. The normalized spacial score (nSPS) is 22.3. The molecule has 2 aromatic rings. The number of benzene rings is 1. The molecule has 1 aromatic carbocycles. The number of anilines is 1. The average molecular weight is 417 g/mol. The van der Waals surface area contributed by atoms with Gasteiger partial charge in [0, 0.05) is 29.9 Å². The maximum Gasteiger partial charge on any atom is 0.147 e. The first-order chi connectivity index (χ1) is 13.3. The van der Waals surface area contributed by atoms with Gasteiger partial charge in [-0.15, -0.1) is 17.4 Å². The van der Waals surface area contributed by atoms with Gasteiger partial charge in [-0.2, -0.15) is 0 Å². The number of rotatable bonds is 3. The van der Waals surface area contributed by atoms with Gasteiger partial charge in [-0.3, -0.25) is 0 Å². The van der Waals surface area contributed by atoms with E-state index in [1.165, 1.54) is 11.1 Å². The maximum atomic E-state index is 12.9. The minimum absolute atomic E-state index is 0.0953. The van der Waals surface area contributed by atoms with Crippen molar-refractivity contribution < 1.29 is 4.55 Å². The third-order valence-electron chi connectivity index (χ3n) is 6.01. The SMILES string of the molecule is CC(C)(C)[S@@+]([O-])N[C@@H]1c2ccccc2CC12CCN(c1cnc(S)cn1)CC2. The summed E-state index contributed by atoms with van der Waals surface area (Å²) in [6.07, 6.45) is 6.60. The van der Waals surface area contributed by atoms with Crippen LogP contribution in [0.2, 0.25) is 0 Å². The topological polar surface area (TPSA) is 64.1 Å². The van der Waals surface area contributed by atoms with Crippen molar-refractivity contribution in [3.63, 3.8) is 0 Å². The Labute approximate surface area is 176 Å². The Bertz CT molecular complexity index is 829. The van der Waals surface area contributed by atoms with Crippen molar-refractivity contribution >= 4 is 29.8 Å². The van der Waals surface area contributed by atoms with Crippen LogP contribution in [0.1, 0.15) is 50.8 Å². The van der Waals surface area contributed by atoms with Gasteiger partial charge in [0.2, 0.25) is 0 Å². The molecular formula is C21H28N4OS2. The Hall–Kier alpha value is -1.28. The van der Waals surface area contributed by atoms with Gasteiger partial charge in [0.25, 0.3) is 0 Å². The highest BCUT2D eigenvalue weighted by atomic mass is 32.2. The Morgan fingerprint density at radius 3 is 2.54 bits per heavy atom. The van der Waals surface area contributed by atoms with Crippen molar-refractivity contribution in [3.8, 4) is 0 Å². The van der Waals surface area contributed by atoms with Gasteiger partial charge in [0.1, 0.15) is 15.6 Å². The third kappa shape index (κ3) is 3.77. The first kappa shape index (κ1) is 20.0. The van der Waals surface area contributed by atoms with E-state index < -0.39 is 11.4 Å². The molecule has 0 saturated carbocycles. The molecule has 4 rings (SSSR count). The molecule has 0 radical (unpaired) electrons. The van der Waals surface area contributed by atoms with Crippen LogP contribution in [0.25, 0.3) is 0 Å². The van der Waals surface area contributed by atoms with E-state index in [0.717, 1.165) is 38.2 Å². The quantitative estimate of drug-likeness (QED) is 0.590. The molecule has 28 heavy (non-hydrogen) atoms. The minimum atomic E-state index is -1.10. The second-order valence-electron chi connectivity index (χ2n) is 8.89. The molecule has 1 N–H and O–H groups in total. The van der Waals surface area contributed by atoms with Crippen LogP contribution in [0.4, 0.5) is 5.82 Å².